The van der Waals surface area contributed by atoms with Crippen molar-refractivity contribution in [2.75, 3.05) is 5.32 Å². The molecule has 0 fully saturated rings. The predicted octanol–water partition coefficient (Wildman–Crippen LogP) is 4.60. The lowest BCUT2D eigenvalue weighted by Gasteiger charge is -2.12. The molecule has 0 unspecified atom stereocenters. The highest BCUT2D eigenvalue weighted by molar-refractivity contribution is 5.78. The van der Waals surface area contributed by atoms with E-state index < -0.39 is 0 Å². The number of benzene rings is 2. The van der Waals surface area contributed by atoms with Crippen molar-refractivity contribution >= 4 is 5.95 Å². The Kier molecular flexibility index (Phi) is 4.85. The van der Waals surface area contributed by atoms with Gasteiger partial charge in [-0.15, -0.1) is 0 Å². The van der Waals surface area contributed by atoms with Crippen LogP contribution in [0.3, 0.4) is 0 Å². The third kappa shape index (κ3) is 3.62. The molecule has 0 saturated heterocycles. The molecule has 0 aliphatic heterocycles. The van der Waals surface area contributed by atoms with Crippen molar-refractivity contribution in [3.8, 4) is 22.6 Å². The first-order chi connectivity index (χ1) is 13.6. The van der Waals surface area contributed by atoms with E-state index in [2.05, 4.69) is 51.5 Å². The fourth-order valence-electron chi connectivity index (χ4n) is 3.00. The molecule has 140 valence electrons. The van der Waals surface area contributed by atoms with E-state index in [4.69, 9.17) is 0 Å². The van der Waals surface area contributed by atoms with E-state index in [9.17, 15) is 4.39 Å². The Morgan fingerprint density at radius 1 is 1.00 bits per heavy atom. The first kappa shape index (κ1) is 17.9. The van der Waals surface area contributed by atoms with Crippen LogP contribution in [-0.4, -0.2) is 19.5 Å². The van der Waals surface area contributed by atoms with Gasteiger partial charge < -0.3 is 9.88 Å². The molecule has 2 heterocycles. The van der Waals surface area contributed by atoms with Crippen LogP contribution in [0.5, 0.6) is 0 Å². The summed E-state index contributed by atoms with van der Waals surface area (Å²) in [6, 6.07) is 14.9. The normalized spacial score (nSPS) is 10.8. The van der Waals surface area contributed by atoms with Gasteiger partial charge in [0.2, 0.25) is 5.95 Å². The summed E-state index contributed by atoms with van der Waals surface area (Å²) in [5, 5.41) is 3.24. The maximum atomic E-state index is 14.4. The maximum absolute atomic E-state index is 14.4. The molecular weight excluding hydrogens is 353 g/mol. The van der Waals surface area contributed by atoms with Crippen LogP contribution >= 0.6 is 0 Å². The largest absolute Gasteiger partial charge is 0.350 e. The first-order valence-corrected chi connectivity index (χ1v) is 9.01. The summed E-state index contributed by atoms with van der Waals surface area (Å²) >= 11 is 0. The number of anilines is 1. The first-order valence-electron chi connectivity index (χ1n) is 9.01. The molecule has 0 bridgehead atoms. The average Bonchev–Trinajstić information content (AvgIpc) is 3.14. The molecule has 4 aromatic rings. The minimum Gasteiger partial charge on any atom is -0.350 e. The molecule has 6 heteroatoms. The molecule has 0 atom stereocenters. The molecule has 0 radical (unpaired) electrons. The van der Waals surface area contributed by atoms with Crippen LogP contribution in [0.1, 0.15) is 11.1 Å². The molecule has 0 saturated carbocycles. The second-order valence-electron chi connectivity index (χ2n) is 6.64. The van der Waals surface area contributed by atoms with Gasteiger partial charge in [0.25, 0.3) is 0 Å². The van der Waals surface area contributed by atoms with Gasteiger partial charge in [0.1, 0.15) is 11.5 Å². The lowest BCUT2D eigenvalue weighted by Crippen LogP contribution is -2.06. The van der Waals surface area contributed by atoms with E-state index in [1.54, 1.807) is 30.6 Å². The minimum atomic E-state index is -0.318. The predicted molar refractivity (Wildman–Crippen MR) is 108 cm³/mol. The fourth-order valence-corrected chi connectivity index (χ4v) is 3.00. The summed E-state index contributed by atoms with van der Waals surface area (Å²) in [5.74, 6) is 0.805. The van der Waals surface area contributed by atoms with Crippen molar-refractivity contribution in [1.82, 2.24) is 19.5 Å². The Hall–Kier alpha value is -3.54. The van der Waals surface area contributed by atoms with Crippen LogP contribution in [0.4, 0.5) is 10.3 Å². The molecule has 0 aliphatic carbocycles. The second kappa shape index (κ2) is 7.60. The van der Waals surface area contributed by atoms with Crippen molar-refractivity contribution in [1.29, 1.82) is 0 Å². The number of imidazole rings is 1. The molecule has 2 aromatic carbocycles. The van der Waals surface area contributed by atoms with E-state index in [-0.39, 0.29) is 5.82 Å². The van der Waals surface area contributed by atoms with E-state index in [1.165, 1.54) is 11.6 Å². The van der Waals surface area contributed by atoms with Crippen molar-refractivity contribution in [3.05, 3.63) is 84.1 Å². The summed E-state index contributed by atoms with van der Waals surface area (Å²) in [6.45, 7) is 2.65. The van der Waals surface area contributed by atoms with Gasteiger partial charge in [-0.05, 0) is 18.6 Å². The van der Waals surface area contributed by atoms with Gasteiger partial charge in [0, 0.05) is 43.3 Å². The maximum Gasteiger partial charge on any atom is 0.223 e. The molecule has 0 amide bonds. The Balaban J connectivity index is 1.71. The van der Waals surface area contributed by atoms with Crippen molar-refractivity contribution < 1.29 is 4.39 Å². The highest BCUT2D eigenvalue weighted by Gasteiger charge is 2.17. The number of aromatic nitrogens is 4. The van der Waals surface area contributed by atoms with E-state index in [1.807, 2.05) is 17.8 Å². The topological polar surface area (TPSA) is 55.6 Å². The van der Waals surface area contributed by atoms with E-state index in [0.717, 1.165) is 5.56 Å². The molecular formula is C22H20FN5. The summed E-state index contributed by atoms with van der Waals surface area (Å²) in [7, 11) is 1.88. The Morgan fingerprint density at radius 3 is 2.50 bits per heavy atom. The fraction of sp³-hybridized carbons (Fsp3) is 0.136. The highest BCUT2D eigenvalue weighted by atomic mass is 19.1. The number of nitrogens with one attached hydrogen (secondary N) is 1. The molecule has 4 rings (SSSR count). The van der Waals surface area contributed by atoms with Crippen molar-refractivity contribution in [2.24, 2.45) is 7.05 Å². The zero-order chi connectivity index (χ0) is 19.5. The second-order valence-corrected chi connectivity index (χ2v) is 6.64. The lowest BCUT2D eigenvalue weighted by atomic mass is 10.0. The van der Waals surface area contributed by atoms with Crippen LogP contribution in [0.25, 0.3) is 22.6 Å². The van der Waals surface area contributed by atoms with Crippen LogP contribution in [0.15, 0.2) is 67.1 Å². The zero-order valence-electron chi connectivity index (χ0n) is 15.7. The quantitative estimate of drug-likeness (QED) is 0.555. The zero-order valence-corrected chi connectivity index (χ0v) is 15.7. The summed E-state index contributed by atoms with van der Waals surface area (Å²) in [5.41, 5.74) is 3.98. The number of halogens is 1. The van der Waals surface area contributed by atoms with Crippen LogP contribution in [0, 0.1) is 12.7 Å². The van der Waals surface area contributed by atoms with Gasteiger partial charge in [-0.3, -0.25) is 0 Å². The van der Waals surface area contributed by atoms with Crippen molar-refractivity contribution in [2.45, 2.75) is 13.5 Å². The standard InChI is InChI=1S/C22H20FN5/c1-15-7-9-16(10-8-15)13-25-22-26-14-18(17-5-3-4-6-19(17)23)20(27-22)21-24-11-12-28(21)2/h3-12,14H,13H2,1-2H3,(H,25,26,27). The Bertz CT molecular complexity index is 1100. The van der Waals surface area contributed by atoms with Crippen molar-refractivity contribution in [3.63, 3.8) is 0 Å². The number of nitrogens with zero attached hydrogens (tertiary/aromatic N) is 4. The molecule has 28 heavy (non-hydrogen) atoms. The Morgan fingerprint density at radius 2 is 1.79 bits per heavy atom. The third-order valence-corrected chi connectivity index (χ3v) is 4.56. The van der Waals surface area contributed by atoms with Gasteiger partial charge >= 0.3 is 0 Å². The van der Waals surface area contributed by atoms with E-state index >= 15 is 0 Å². The van der Waals surface area contributed by atoms with Crippen LogP contribution in [0.2, 0.25) is 0 Å². The van der Waals surface area contributed by atoms with Gasteiger partial charge in [0.15, 0.2) is 5.82 Å². The number of hydrogen-bond acceptors (Lipinski definition) is 4. The van der Waals surface area contributed by atoms with Gasteiger partial charge in [0.05, 0.1) is 0 Å². The number of rotatable bonds is 5. The summed E-state index contributed by atoms with van der Waals surface area (Å²) < 4.78 is 16.3. The minimum absolute atomic E-state index is 0.318. The molecule has 0 spiro atoms. The molecule has 1 N–H and O–H groups in total. The van der Waals surface area contributed by atoms with E-state index in [0.29, 0.717) is 35.1 Å². The lowest BCUT2D eigenvalue weighted by molar-refractivity contribution is 0.631. The summed E-state index contributed by atoms with van der Waals surface area (Å²) in [6.07, 6.45) is 5.18. The van der Waals surface area contributed by atoms with Gasteiger partial charge in [-0.2, -0.15) is 0 Å². The SMILES string of the molecule is Cc1ccc(CNc2ncc(-c3ccccc3F)c(-c3nccn3C)n2)cc1. The molecule has 0 aliphatic rings. The number of hydrogen-bond donors (Lipinski definition) is 1. The molecule has 5 nitrogen and oxygen atoms in total. The van der Waals surface area contributed by atoms with Crippen LogP contribution in [-0.2, 0) is 13.6 Å². The molecule has 2 aromatic heterocycles. The Labute approximate surface area is 162 Å². The number of aryl methyl sites for hydroxylation is 2. The third-order valence-electron chi connectivity index (χ3n) is 4.56. The average molecular weight is 373 g/mol. The van der Waals surface area contributed by atoms with Gasteiger partial charge in [-0.25, -0.2) is 19.3 Å². The smallest absolute Gasteiger partial charge is 0.223 e. The summed E-state index contributed by atoms with van der Waals surface area (Å²) in [4.78, 5) is 13.5. The van der Waals surface area contributed by atoms with Crippen LogP contribution < -0.4 is 5.32 Å². The monoisotopic (exact) mass is 373 g/mol. The van der Waals surface area contributed by atoms with Gasteiger partial charge in [-0.1, -0.05) is 48.0 Å². The highest BCUT2D eigenvalue weighted by Crippen LogP contribution is 2.31.